The lowest BCUT2D eigenvalue weighted by molar-refractivity contribution is -0.883. The molecular weight excluding hydrogens is 358 g/mol. The normalized spacial score (nSPS) is 11.8. The van der Waals surface area contributed by atoms with Gasteiger partial charge in [0.15, 0.2) is 13.1 Å². The quantitative estimate of drug-likeness (QED) is 0.596. The van der Waals surface area contributed by atoms with Crippen LogP contribution in [0.4, 0.5) is 11.4 Å². The maximum Gasteiger partial charge on any atom is 0.279 e. The Kier molecular flexibility index (Phi) is 7.57. The Morgan fingerprint density at radius 1 is 1.14 bits per heavy atom. The number of benzene rings is 1. The number of carbonyl (C=O) groups is 2. The number of ether oxygens (including phenoxy) is 1. The molecule has 2 amide bonds. The van der Waals surface area contributed by atoms with Crippen LogP contribution in [0.2, 0.25) is 0 Å². The number of anilines is 2. The lowest BCUT2D eigenvalue weighted by Gasteiger charge is -2.18. The summed E-state index contributed by atoms with van der Waals surface area (Å²) >= 11 is 0. The summed E-state index contributed by atoms with van der Waals surface area (Å²) in [5.74, 6) is 0.315. The van der Waals surface area contributed by atoms with Gasteiger partial charge in [-0.2, -0.15) is 5.10 Å². The monoisotopic (exact) mass is 388 g/mol. The van der Waals surface area contributed by atoms with E-state index in [1.807, 2.05) is 40.0 Å². The predicted octanol–water partition coefficient (Wildman–Crippen LogP) is 0.918. The minimum Gasteiger partial charge on any atom is -0.495 e. The highest BCUT2D eigenvalue weighted by molar-refractivity contribution is 5.94. The van der Waals surface area contributed by atoms with Crippen LogP contribution < -0.4 is 20.3 Å². The molecule has 0 aliphatic heterocycles. The van der Waals surface area contributed by atoms with E-state index < -0.39 is 0 Å². The largest absolute Gasteiger partial charge is 0.495 e. The summed E-state index contributed by atoms with van der Waals surface area (Å²) in [5, 5.41) is 10.1. The molecule has 0 aliphatic carbocycles. The molecule has 0 radical (unpaired) electrons. The van der Waals surface area contributed by atoms with Gasteiger partial charge in [0, 0.05) is 7.05 Å². The highest BCUT2D eigenvalue weighted by Crippen LogP contribution is 2.22. The van der Waals surface area contributed by atoms with E-state index in [2.05, 4.69) is 15.7 Å². The van der Waals surface area contributed by atoms with Gasteiger partial charge in [0.05, 0.1) is 36.4 Å². The summed E-state index contributed by atoms with van der Waals surface area (Å²) in [6.45, 7) is 6.93. The number of quaternary nitrogens is 1. The Morgan fingerprint density at radius 3 is 2.36 bits per heavy atom. The summed E-state index contributed by atoms with van der Waals surface area (Å²) < 4.78 is 7.00. The van der Waals surface area contributed by atoms with Crippen molar-refractivity contribution in [2.24, 2.45) is 7.05 Å². The van der Waals surface area contributed by atoms with Crippen molar-refractivity contribution >= 4 is 23.2 Å². The number of hydrogen-bond acceptors (Lipinski definition) is 4. The minimum absolute atomic E-state index is 0.132. The highest BCUT2D eigenvalue weighted by Gasteiger charge is 2.20. The van der Waals surface area contributed by atoms with Crippen molar-refractivity contribution in [3.05, 3.63) is 35.7 Å². The van der Waals surface area contributed by atoms with Gasteiger partial charge in [-0.3, -0.25) is 14.3 Å². The van der Waals surface area contributed by atoms with Crippen LogP contribution in [-0.2, 0) is 16.6 Å². The van der Waals surface area contributed by atoms with E-state index in [0.29, 0.717) is 11.4 Å². The lowest BCUT2D eigenvalue weighted by atomic mass is 10.3. The van der Waals surface area contributed by atoms with Crippen molar-refractivity contribution < 1.29 is 19.2 Å². The van der Waals surface area contributed by atoms with E-state index in [0.717, 1.165) is 34.9 Å². The first kappa shape index (κ1) is 21.4. The summed E-state index contributed by atoms with van der Waals surface area (Å²) in [5.41, 5.74) is 3.04. The SMILES string of the molecule is CCC[NH+](CC(=O)Nc1ccccc1OC)CC(=O)Nc1c(C)nn(C)c1C. The Labute approximate surface area is 165 Å². The first-order chi connectivity index (χ1) is 13.3. The van der Waals surface area contributed by atoms with E-state index in [1.54, 1.807) is 23.9 Å². The molecule has 1 atom stereocenters. The smallest absolute Gasteiger partial charge is 0.279 e. The first-order valence-corrected chi connectivity index (χ1v) is 9.42. The molecular formula is C20H30N5O3+. The van der Waals surface area contributed by atoms with Crippen LogP contribution >= 0.6 is 0 Å². The van der Waals surface area contributed by atoms with E-state index in [4.69, 9.17) is 4.74 Å². The third-order valence-corrected chi connectivity index (χ3v) is 4.58. The van der Waals surface area contributed by atoms with Gasteiger partial charge >= 0.3 is 0 Å². The van der Waals surface area contributed by atoms with Gasteiger partial charge in [0.25, 0.3) is 11.8 Å². The fraction of sp³-hybridized carbons (Fsp3) is 0.450. The number of aromatic nitrogens is 2. The molecule has 1 unspecified atom stereocenters. The second-order valence-corrected chi connectivity index (χ2v) is 6.82. The van der Waals surface area contributed by atoms with Crippen LogP contribution in [0, 0.1) is 13.8 Å². The Balaban J connectivity index is 1.98. The molecule has 0 saturated carbocycles. The maximum absolute atomic E-state index is 12.5. The number of amides is 2. The van der Waals surface area contributed by atoms with Crippen molar-refractivity contribution in [3.63, 3.8) is 0 Å². The summed E-state index contributed by atoms with van der Waals surface area (Å²) in [7, 11) is 3.40. The number of nitrogens with one attached hydrogen (secondary N) is 3. The fourth-order valence-electron chi connectivity index (χ4n) is 3.13. The molecule has 28 heavy (non-hydrogen) atoms. The van der Waals surface area contributed by atoms with Gasteiger partial charge in [0.2, 0.25) is 0 Å². The summed E-state index contributed by atoms with van der Waals surface area (Å²) in [6, 6.07) is 7.26. The molecule has 0 aliphatic rings. The fourth-order valence-corrected chi connectivity index (χ4v) is 3.13. The molecule has 1 heterocycles. The molecule has 0 saturated heterocycles. The molecule has 8 heteroatoms. The lowest BCUT2D eigenvalue weighted by Crippen LogP contribution is -3.14. The molecule has 0 bridgehead atoms. The molecule has 3 N–H and O–H groups in total. The average molecular weight is 388 g/mol. The van der Waals surface area contributed by atoms with Crippen LogP contribution in [0.3, 0.4) is 0 Å². The van der Waals surface area contributed by atoms with E-state index in [1.165, 1.54) is 0 Å². The van der Waals surface area contributed by atoms with Crippen molar-refractivity contribution in [3.8, 4) is 5.75 Å². The number of para-hydroxylation sites is 2. The van der Waals surface area contributed by atoms with Crippen LogP contribution in [0.15, 0.2) is 24.3 Å². The van der Waals surface area contributed by atoms with Gasteiger partial charge in [-0.15, -0.1) is 0 Å². The third-order valence-electron chi connectivity index (χ3n) is 4.58. The van der Waals surface area contributed by atoms with E-state index in [-0.39, 0.29) is 24.9 Å². The molecule has 8 nitrogen and oxygen atoms in total. The van der Waals surface area contributed by atoms with Gasteiger partial charge < -0.3 is 20.3 Å². The number of hydrogen-bond donors (Lipinski definition) is 3. The van der Waals surface area contributed by atoms with Crippen molar-refractivity contribution in [1.82, 2.24) is 9.78 Å². The Bertz CT molecular complexity index is 831. The van der Waals surface area contributed by atoms with Crippen LogP contribution in [-0.4, -0.2) is 48.3 Å². The Morgan fingerprint density at radius 2 is 1.79 bits per heavy atom. The first-order valence-electron chi connectivity index (χ1n) is 9.42. The second-order valence-electron chi connectivity index (χ2n) is 6.82. The molecule has 152 valence electrons. The van der Waals surface area contributed by atoms with E-state index >= 15 is 0 Å². The third kappa shape index (κ3) is 5.56. The van der Waals surface area contributed by atoms with Gasteiger partial charge in [-0.25, -0.2) is 0 Å². The molecule has 0 spiro atoms. The zero-order valence-corrected chi connectivity index (χ0v) is 17.3. The average Bonchev–Trinajstić information content (AvgIpc) is 2.88. The standard InChI is InChI=1S/C20H29N5O3/c1-6-11-25(12-18(26)21-16-9-7-8-10-17(16)28-5)13-19(27)22-20-14(2)23-24(4)15(20)3/h7-10H,6,11-13H2,1-5H3,(H,21,26)(H,22,27)/p+1. The number of rotatable bonds is 9. The summed E-state index contributed by atoms with van der Waals surface area (Å²) in [4.78, 5) is 25.9. The zero-order chi connectivity index (χ0) is 20.7. The number of methoxy groups -OCH3 is 1. The topological polar surface area (TPSA) is 89.7 Å². The zero-order valence-electron chi connectivity index (χ0n) is 17.3. The second kappa shape index (κ2) is 9.89. The molecule has 2 rings (SSSR count). The van der Waals surface area contributed by atoms with Crippen molar-refractivity contribution in [2.45, 2.75) is 27.2 Å². The van der Waals surface area contributed by atoms with Crippen molar-refractivity contribution in [1.29, 1.82) is 0 Å². The Hall–Kier alpha value is -2.87. The maximum atomic E-state index is 12.5. The van der Waals surface area contributed by atoms with Crippen LogP contribution in [0.5, 0.6) is 5.75 Å². The van der Waals surface area contributed by atoms with E-state index in [9.17, 15) is 9.59 Å². The van der Waals surface area contributed by atoms with Gasteiger partial charge in [-0.05, 0) is 32.4 Å². The molecule has 0 fully saturated rings. The molecule has 2 aromatic rings. The number of aryl methyl sites for hydroxylation is 2. The van der Waals surface area contributed by atoms with Crippen molar-refractivity contribution in [2.75, 3.05) is 37.4 Å². The van der Waals surface area contributed by atoms with Gasteiger partial charge in [-0.1, -0.05) is 19.1 Å². The minimum atomic E-state index is -0.158. The predicted molar refractivity (Wildman–Crippen MR) is 109 cm³/mol. The summed E-state index contributed by atoms with van der Waals surface area (Å²) in [6.07, 6.45) is 0.871. The van der Waals surface area contributed by atoms with Crippen LogP contribution in [0.25, 0.3) is 0 Å². The highest BCUT2D eigenvalue weighted by atomic mass is 16.5. The van der Waals surface area contributed by atoms with Crippen LogP contribution in [0.1, 0.15) is 24.7 Å². The number of carbonyl (C=O) groups excluding carboxylic acids is 2. The van der Waals surface area contributed by atoms with Gasteiger partial charge in [0.1, 0.15) is 5.75 Å². The molecule has 1 aromatic heterocycles. The number of nitrogens with zero attached hydrogens (tertiary/aromatic N) is 2. The molecule has 1 aromatic carbocycles.